The van der Waals surface area contributed by atoms with Crippen LogP contribution in [0.3, 0.4) is 0 Å². The van der Waals surface area contributed by atoms with Crippen molar-refractivity contribution in [2.24, 2.45) is 0 Å². The number of anilines is 1. The van der Waals surface area contributed by atoms with Crippen molar-refractivity contribution >= 4 is 22.5 Å². The van der Waals surface area contributed by atoms with E-state index in [2.05, 4.69) is 28.5 Å². The van der Waals surface area contributed by atoms with Gasteiger partial charge in [0.2, 0.25) is 0 Å². The molecular weight excluding hydrogens is 264 g/mol. The van der Waals surface area contributed by atoms with Crippen molar-refractivity contribution in [3.8, 4) is 0 Å². The number of rotatable bonds is 5. The van der Waals surface area contributed by atoms with E-state index >= 15 is 0 Å². The first-order valence-corrected chi connectivity index (χ1v) is 7.55. The van der Waals surface area contributed by atoms with Crippen LogP contribution in [0.1, 0.15) is 48.7 Å². The van der Waals surface area contributed by atoms with E-state index in [1.165, 1.54) is 0 Å². The summed E-state index contributed by atoms with van der Waals surface area (Å²) in [6.07, 6.45) is 5.25. The Balaban J connectivity index is 1.98. The molecule has 21 heavy (non-hydrogen) atoms. The summed E-state index contributed by atoms with van der Waals surface area (Å²) in [5.41, 5.74) is 8.77. The van der Waals surface area contributed by atoms with Crippen LogP contribution in [0.2, 0.25) is 0 Å². The van der Waals surface area contributed by atoms with Gasteiger partial charge < -0.3 is 11.1 Å². The van der Waals surface area contributed by atoms with Gasteiger partial charge in [0.05, 0.1) is 11.2 Å². The fourth-order valence-electron chi connectivity index (χ4n) is 2.43. The van der Waals surface area contributed by atoms with Crippen molar-refractivity contribution in [3.05, 3.63) is 29.5 Å². The van der Waals surface area contributed by atoms with Crippen molar-refractivity contribution in [1.29, 1.82) is 0 Å². The number of nitrogens with zero attached hydrogens (tertiary/aromatic N) is 2. The van der Waals surface area contributed by atoms with Gasteiger partial charge in [-0.3, -0.25) is 4.79 Å². The number of fused-ring (bicyclic) bond motifs is 1. The number of aryl methyl sites for hydroxylation is 1. The summed E-state index contributed by atoms with van der Waals surface area (Å²) < 4.78 is 0. The Morgan fingerprint density at radius 3 is 2.90 bits per heavy atom. The van der Waals surface area contributed by atoms with Gasteiger partial charge in [0.1, 0.15) is 0 Å². The van der Waals surface area contributed by atoms with E-state index in [1.807, 2.05) is 12.1 Å². The zero-order valence-electron chi connectivity index (χ0n) is 12.2. The molecule has 5 heteroatoms. The van der Waals surface area contributed by atoms with Gasteiger partial charge in [-0.05, 0) is 31.2 Å². The predicted octanol–water partition coefficient (Wildman–Crippen LogP) is 2.45. The molecule has 1 aromatic carbocycles. The van der Waals surface area contributed by atoms with Crippen LogP contribution in [0.5, 0.6) is 0 Å². The monoisotopic (exact) mass is 284 g/mol. The van der Waals surface area contributed by atoms with E-state index in [-0.39, 0.29) is 17.6 Å². The average Bonchev–Trinajstić information content (AvgIpc) is 3.29. The first kappa shape index (κ1) is 13.8. The first-order valence-electron chi connectivity index (χ1n) is 7.55. The summed E-state index contributed by atoms with van der Waals surface area (Å²) in [6, 6.07) is 6.21. The lowest BCUT2D eigenvalue weighted by atomic mass is 10.0. The third-order valence-electron chi connectivity index (χ3n) is 3.84. The van der Waals surface area contributed by atoms with Crippen molar-refractivity contribution in [1.82, 2.24) is 15.5 Å². The Labute approximate surface area is 123 Å². The Morgan fingerprint density at radius 1 is 1.38 bits per heavy atom. The lowest BCUT2D eigenvalue weighted by molar-refractivity contribution is 0.0946. The molecule has 1 amide bonds. The SMILES string of the molecule is CCCCc1cccc2c(N)c(C(=O)NC3CC3)nnc12. The van der Waals surface area contributed by atoms with Crippen molar-refractivity contribution in [3.63, 3.8) is 0 Å². The van der Waals surface area contributed by atoms with Crippen LogP contribution >= 0.6 is 0 Å². The smallest absolute Gasteiger partial charge is 0.274 e. The molecule has 3 N–H and O–H groups in total. The van der Waals surface area contributed by atoms with E-state index in [0.717, 1.165) is 48.6 Å². The van der Waals surface area contributed by atoms with E-state index in [4.69, 9.17) is 5.73 Å². The molecular formula is C16H20N4O. The summed E-state index contributed by atoms with van der Waals surface area (Å²) in [6.45, 7) is 2.16. The zero-order valence-corrected chi connectivity index (χ0v) is 12.2. The summed E-state index contributed by atoms with van der Waals surface area (Å²) in [5, 5.41) is 12.0. The number of carbonyl (C=O) groups excluding carboxylic acids is 1. The zero-order chi connectivity index (χ0) is 14.8. The molecule has 2 aromatic rings. The van der Waals surface area contributed by atoms with Crippen LogP contribution in [0.4, 0.5) is 5.69 Å². The van der Waals surface area contributed by atoms with Gasteiger partial charge in [-0.2, -0.15) is 0 Å². The molecule has 1 heterocycles. The molecule has 0 bridgehead atoms. The van der Waals surface area contributed by atoms with Gasteiger partial charge in [0.15, 0.2) is 5.69 Å². The molecule has 0 atom stereocenters. The van der Waals surface area contributed by atoms with Gasteiger partial charge in [-0.1, -0.05) is 31.5 Å². The predicted molar refractivity (Wildman–Crippen MR) is 83.1 cm³/mol. The maximum Gasteiger partial charge on any atom is 0.274 e. The van der Waals surface area contributed by atoms with Crippen LogP contribution < -0.4 is 11.1 Å². The molecule has 1 aliphatic rings. The second-order valence-electron chi connectivity index (χ2n) is 5.63. The highest BCUT2D eigenvalue weighted by Crippen LogP contribution is 2.26. The Morgan fingerprint density at radius 2 is 2.19 bits per heavy atom. The standard InChI is InChI=1S/C16H20N4O/c1-2-3-5-10-6-4-7-12-13(17)15(20-19-14(10)12)16(21)18-11-8-9-11/h4,6-7,11H,2-3,5,8-9H2,1H3,(H2,17,19)(H,18,21). The lowest BCUT2D eigenvalue weighted by Crippen LogP contribution is -2.27. The number of benzene rings is 1. The summed E-state index contributed by atoms with van der Waals surface area (Å²) in [5.74, 6) is -0.219. The van der Waals surface area contributed by atoms with Gasteiger partial charge >= 0.3 is 0 Å². The van der Waals surface area contributed by atoms with Crippen LogP contribution in [0.25, 0.3) is 10.9 Å². The van der Waals surface area contributed by atoms with E-state index in [0.29, 0.717) is 5.69 Å². The van der Waals surface area contributed by atoms with Crippen LogP contribution in [-0.4, -0.2) is 22.1 Å². The third-order valence-corrected chi connectivity index (χ3v) is 3.84. The molecule has 0 saturated heterocycles. The Hall–Kier alpha value is -2.17. The molecule has 110 valence electrons. The Bertz CT molecular complexity index is 679. The number of nitrogens with one attached hydrogen (secondary N) is 1. The number of carbonyl (C=O) groups is 1. The van der Waals surface area contributed by atoms with Crippen molar-refractivity contribution in [2.75, 3.05) is 5.73 Å². The molecule has 0 radical (unpaired) electrons. The minimum Gasteiger partial charge on any atom is -0.396 e. The number of hydrogen-bond acceptors (Lipinski definition) is 4. The molecule has 0 aliphatic heterocycles. The van der Waals surface area contributed by atoms with Crippen LogP contribution in [0.15, 0.2) is 18.2 Å². The van der Waals surface area contributed by atoms with Crippen LogP contribution in [0, 0.1) is 0 Å². The molecule has 1 fully saturated rings. The largest absolute Gasteiger partial charge is 0.396 e. The second-order valence-corrected chi connectivity index (χ2v) is 5.63. The molecule has 3 rings (SSSR count). The topological polar surface area (TPSA) is 80.9 Å². The van der Waals surface area contributed by atoms with Crippen molar-refractivity contribution in [2.45, 2.75) is 45.1 Å². The normalized spacial score (nSPS) is 14.3. The molecule has 5 nitrogen and oxygen atoms in total. The molecule has 1 aliphatic carbocycles. The highest BCUT2D eigenvalue weighted by atomic mass is 16.2. The van der Waals surface area contributed by atoms with E-state index in [9.17, 15) is 4.79 Å². The quantitative estimate of drug-likeness (QED) is 0.883. The van der Waals surface area contributed by atoms with Gasteiger partial charge in [-0.25, -0.2) is 0 Å². The van der Waals surface area contributed by atoms with E-state index < -0.39 is 0 Å². The summed E-state index contributed by atoms with van der Waals surface area (Å²) in [4.78, 5) is 12.1. The average molecular weight is 284 g/mol. The van der Waals surface area contributed by atoms with E-state index in [1.54, 1.807) is 0 Å². The van der Waals surface area contributed by atoms with Gasteiger partial charge in [0, 0.05) is 11.4 Å². The molecule has 0 spiro atoms. The number of nitrogen functional groups attached to an aromatic ring is 1. The number of aromatic nitrogens is 2. The number of hydrogen-bond donors (Lipinski definition) is 2. The fraction of sp³-hybridized carbons (Fsp3) is 0.438. The summed E-state index contributed by atoms with van der Waals surface area (Å²) in [7, 11) is 0. The highest BCUT2D eigenvalue weighted by Gasteiger charge is 2.26. The molecule has 0 unspecified atom stereocenters. The molecule has 1 saturated carbocycles. The van der Waals surface area contributed by atoms with Gasteiger partial charge in [-0.15, -0.1) is 10.2 Å². The number of nitrogens with two attached hydrogens (primary N) is 1. The Kier molecular flexibility index (Phi) is 3.73. The second kappa shape index (κ2) is 5.68. The minimum atomic E-state index is -0.219. The maximum absolute atomic E-state index is 12.1. The minimum absolute atomic E-state index is 0.219. The lowest BCUT2D eigenvalue weighted by Gasteiger charge is -2.10. The van der Waals surface area contributed by atoms with Gasteiger partial charge in [0.25, 0.3) is 5.91 Å². The first-order chi connectivity index (χ1) is 10.2. The third kappa shape index (κ3) is 2.82. The number of amides is 1. The summed E-state index contributed by atoms with van der Waals surface area (Å²) >= 11 is 0. The highest BCUT2D eigenvalue weighted by molar-refractivity contribution is 6.05. The fourth-order valence-corrected chi connectivity index (χ4v) is 2.43. The number of unbranched alkanes of at least 4 members (excludes halogenated alkanes) is 1. The maximum atomic E-state index is 12.1. The van der Waals surface area contributed by atoms with Crippen molar-refractivity contribution < 1.29 is 4.79 Å². The van der Waals surface area contributed by atoms with Crippen LogP contribution in [-0.2, 0) is 6.42 Å². The molecule has 1 aromatic heterocycles.